The summed E-state index contributed by atoms with van der Waals surface area (Å²) < 4.78 is 0. The van der Waals surface area contributed by atoms with Crippen LogP contribution in [0.1, 0.15) is 40.5 Å². The molecule has 0 aromatic rings. The Morgan fingerprint density at radius 2 is 2.06 bits per heavy atom. The summed E-state index contributed by atoms with van der Waals surface area (Å²) in [5, 5.41) is 0. The predicted molar refractivity (Wildman–Crippen MR) is 75.1 cm³/mol. The van der Waals surface area contributed by atoms with Gasteiger partial charge in [-0.3, -0.25) is 0 Å². The molecule has 2 nitrogen and oxygen atoms in total. The standard InChI is InChI=1S/C15H26N2/c1-6-10-13-12(7-2)15(5,8-3)14(11-16)17(13)9-4/h7,10-12H,2,6,8-9,16H2,1,3-5H3/b13-10+,14-11-. The van der Waals surface area contributed by atoms with E-state index in [0.717, 1.165) is 19.4 Å². The van der Waals surface area contributed by atoms with Crippen LogP contribution in [0.15, 0.2) is 36.3 Å². The van der Waals surface area contributed by atoms with Gasteiger partial charge in [-0.15, -0.1) is 6.58 Å². The number of nitrogens with zero attached hydrogens (tertiary/aromatic N) is 1. The Kier molecular flexibility index (Phi) is 4.44. The van der Waals surface area contributed by atoms with Crippen LogP contribution in [0.25, 0.3) is 0 Å². The highest BCUT2D eigenvalue weighted by atomic mass is 15.2. The SMILES string of the molecule is C=CC1/C(=C\CC)N(CC)/C(=C\N)C1(C)CC. The third-order valence-corrected chi connectivity index (χ3v) is 4.05. The molecule has 0 aromatic carbocycles. The van der Waals surface area contributed by atoms with Gasteiger partial charge < -0.3 is 10.6 Å². The first-order valence-electron chi connectivity index (χ1n) is 6.63. The maximum atomic E-state index is 5.86. The molecular formula is C15H26N2. The molecule has 17 heavy (non-hydrogen) atoms. The number of nitrogens with two attached hydrogens (primary N) is 1. The molecule has 1 aliphatic rings. The van der Waals surface area contributed by atoms with Gasteiger partial charge >= 0.3 is 0 Å². The van der Waals surface area contributed by atoms with Crippen molar-refractivity contribution in [3.8, 4) is 0 Å². The number of hydrogen-bond donors (Lipinski definition) is 1. The van der Waals surface area contributed by atoms with E-state index in [1.165, 1.54) is 11.4 Å². The van der Waals surface area contributed by atoms with Crippen LogP contribution < -0.4 is 5.73 Å². The van der Waals surface area contributed by atoms with Crippen molar-refractivity contribution in [3.63, 3.8) is 0 Å². The normalized spacial score (nSPS) is 33.6. The summed E-state index contributed by atoms with van der Waals surface area (Å²) in [5.74, 6) is 0.377. The second-order valence-corrected chi connectivity index (χ2v) is 4.82. The highest BCUT2D eigenvalue weighted by Crippen LogP contribution is 2.52. The summed E-state index contributed by atoms with van der Waals surface area (Å²) in [4.78, 5) is 2.35. The summed E-state index contributed by atoms with van der Waals surface area (Å²) in [6.07, 6.45) is 8.28. The molecule has 0 saturated carbocycles. The van der Waals surface area contributed by atoms with Crippen molar-refractivity contribution in [1.82, 2.24) is 4.90 Å². The Balaban J connectivity index is 3.35. The molecule has 1 rings (SSSR count). The van der Waals surface area contributed by atoms with E-state index in [2.05, 4.69) is 51.3 Å². The van der Waals surface area contributed by atoms with E-state index in [4.69, 9.17) is 5.73 Å². The Labute approximate surface area is 106 Å². The molecule has 0 aliphatic carbocycles. The molecule has 96 valence electrons. The molecule has 1 aliphatic heterocycles. The average Bonchev–Trinajstić information content (AvgIpc) is 2.58. The first kappa shape index (κ1) is 13.9. The largest absolute Gasteiger partial charge is 0.403 e. The minimum Gasteiger partial charge on any atom is -0.403 e. The lowest BCUT2D eigenvalue weighted by molar-refractivity contribution is 0.327. The molecule has 0 bridgehead atoms. The van der Waals surface area contributed by atoms with Gasteiger partial charge in [-0.25, -0.2) is 0 Å². The summed E-state index contributed by atoms with van der Waals surface area (Å²) in [6.45, 7) is 13.9. The van der Waals surface area contributed by atoms with E-state index in [9.17, 15) is 0 Å². The quantitative estimate of drug-likeness (QED) is 0.753. The number of rotatable bonds is 4. The van der Waals surface area contributed by atoms with E-state index >= 15 is 0 Å². The van der Waals surface area contributed by atoms with E-state index < -0.39 is 0 Å². The van der Waals surface area contributed by atoms with Gasteiger partial charge in [0.05, 0.1) is 0 Å². The van der Waals surface area contributed by atoms with Crippen LogP contribution in [0.3, 0.4) is 0 Å². The highest BCUT2D eigenvalue weighted by molar-refractivity contribution is 5.35. The highest BCUT2D eigenvalue weighted by Gasteiger charge is 2.46. The molecular weight excluding hydrogens is 208 g/mol. The molecule has 0 aromatic heterocycles. The second kappa shape index (κ2) is 5.44. The Morgan fingerprint density at radius 3 is 2.41 bits per heavy atom. The van der Waals surface area contributed by atoms with Crippen molar-refractivity contribution in [1.29, 1.82) is 0 Å². The van der Waals surface area contributed by atoms with Crippen molar-refractivity contribution in [2.45, 2.75) is 40.5 Å². The molecule has 2 atom stereocenters. The maximum absolute atomic E-state index is 5.86. The van der Waals surface area contributed by atoms with Crippen molar-refractivity contribution in [2.75, 3.05) is 6.54 Å². The Morgan fingerprint density at radius 1 is 1.41 bits per heavy atom. The van der Waals surface area contributed by atoms with Crippen molar-refractivity contribution >= 4 is 0 Å². The van der Waals surface area contributed by atoms with Crippen molar-refractivity contribution < 1.29 is 0 Å². The third kappa shape index (κ3) is 2.01. The maximum Gasteiger partial charge on any atom is 0.0402 e. The fourth-order valence-electron chi connectivity index (χ4n) is 2.96. The lowest BCUT2D eigenvalue weighted by Crippen LogP contribution is -2.24. The smallest absolute Gasteiger partial charge is 0.0402 e. The molecule has 1 saturated heterocycles. The Bertz CT molecular complexity index is 341. The summed E-state index contributed by atoms with van der Waals surface area (Å²) in [6, 6.07) is 0. The van der Waals surface area contributed by atoms with E-state index in [1.807, 2.05) is 0 Å². The number of likely N-dealkylation sites (tertiary alicyclic amines) is 1. The summed E-state index contributed by atoms with van der Waals surface area (Å²) in [7, 11) is 0. The summed E-state index contributed by atoms with van der Waals surface area (Å²) >= 11 is 0. The molecule has 2 N–H and O–H groups in total. The van der Waals surface area contributed by atoms with Crippen LogP contribution in [-0.4, -0.2) is 11.4 Å². The minimum absolute atomic E-state index is 0.0908. The molecule has 2 unspecified atom stereocenters. The molecule has 0 spiro atoms. The molecule has 0 radical (unpaired) electrons. The lowest BCUT2D eigenvalue weighted by atomic mass is 9.74. The zero-order valence-electron chi connectivity index (χ0n) is 11.7. The Hall–Kier alpha value is -1.18. The van der Waals surface area contributed by atoms with Gasteiger partial charge in [-0.1, -0.05) is 32.9 Å². The first-order chi connectivity index (χ1) is 8.10. The molecule has 1 fully saturated rings. The zero-order chi connectivity index (χ0) is 13.1. The van der Waals surface area contributed by atoms with Gasteiger partial charge in [0.2, 0.25) is 0 Å². The van der Waals surface area contributed by atoms with E-state index in [-0.39, 0.29) is 5.41 Å². The monoisotopic (exact) mass is 234 g/mol. The number of allylic oxidation sites excluding steroid dienone is 3. The first-order valence-corrected chi connectivity index (χ1v) is 6.63. The van der Waals surface area contributed by atoms with Gasteiger partial charge in [0.15, 0.2) is 0 Å². The number of hydrogen-bond acceptors (Lipinski definition) is 2. The molecule has 0 amide bonds. The van der Waals surface area contributed by atoms with Crippen LogP contribution in [0, 0.1) is 11.3 Å². The van der Waals surface area contributed by atoms with Gasteiger partial charge in [0.1, 0.15) is 0 Å². The second-order valence-electron chi connectivity index (χ2n) is 4.82. The third-order valence-electron chi connectivity index (χ3n) is 4.05. The van der Waals surface area contributed by atoms with Crippen molar-refractivity contribution in [2.24, 2.45) is 17.1 Å². The van der Waals surface area contributed by atoms with Gasteiger partial charge in [-0.2, -0.15) is 0 Å². The van der Waals surface area contributed by atoms with Crippen molar-refractivity contribution in [3.05, 3.63) is 36.3 Å². The van der Waals surface area contributed by atoms with Crippen LogP contribution in [-0.2, 0) is 0 Å². The van der Waals surface area contributed by atoms with Gasteiger partial charge in [0, 0.05) is 35.5 Å². The van der Waals surface area contributed by atoms with Crippen LogP contribution >= 0.6 is 0 Å². The molecule has 2 heteroatoms. The fraction of sp³-hybridized carbons (Fsp3) is 0.600. The van der Waals surface area contributed by atoms with E-state index in [0.29, 0.717) is 5.92 Å². The van der Waals surface area contributed by atoms with Crippen LogP contribution in [0.2, 0.25) is 0 Å². The zero-order valence-corrected chi connectivity index (χ0v) is 11.7. The van der Waals surface area contributed by atoms with Crippen LogP contribution in [0.5, 0.6) is 0 Å². The average molecular weight is 234 g/mol. The topological polar surface area (TPSA) is 29.3 Å². The fourth-order valence-corrected chi connectivity index (χ4v) is 2.96. The van der Waals surface area contributed by atoms with Gasteiger partial charge in [-0.05, 0) is 19.8 Å². The van der Waals surface area contributed by atoms with Gasteiger partial charge in [0.25, 0.3) is 0 Å². The van der Waals surface area contributed by atoms with E-state index in [1.54, 1.807) is 6.20 Å². The lowest BCUT2D eigenvalue weighted by Gasteiger charge is -2.29. The molecule has 1 heterocycles. The van der Waals surface area contributed by atoms with Crippen LogP contribution in [0.4, 0.5) is 0 Å². The summed E-state index contributed by atoms with van der Waals surface area (Å²) in [5.41, 5.74) is 8.56. The minimum atomic E-state index is 0.0908. The predicted octanol–water partition coefficient (Wildman–Crippen LogP) is 3.63.